The first-order valence-electron chi connectivity index (χ1n) is 5.58. The molecule has 0 unspecified atom stereocenters. The monoisotopic (exact) mass is 224 g/mol. The molecule has 0 saturated carbocycles. The molecule has 1 aliphatic heterocycles. The maximum Gasteiger partial charge on any atom is 0.358 e. The highest BCUT2D eigenvalue weighted by Crippen LogP contribution is 2.20. The number of hydrogen-bond donors (Lipinski definition) is 1. The molecule has 1 aliphatic rings. The van der Waals surface area contributed by atoms with Crippen LogP contribution in [0.1, 0.15) is 36.3 Å². The molecule has 16 heavy (non-hydrogen) atoms. The van der Waals surface area contributed by atoms with Gasteiger partial charge in [-0.3, -0.25) is 0 Å². The number of aromatic carboxylic acids is 1. The molecule has 1 aromatic rings. The van der Waals surface area contributed by atoms with E-state index in [4.69, 9.17) is 5.11 Å². The SMILES string of the molecule is CCCN1CC[C@@H](n2cc(C(=O)O)nn2)C1. The molecule has 88 valence electrons. The Morgan fingerprint density at radius 2 is 2.50 bits per heavy atom. The van der Waals surface area contributed by atoms with Crippen molar-refractivity contribution in [3.05, 3.63) is 11.9 Å². The van der Waals surface area contributed by atoms with E-state index in [1.54, 1.807) is 4.68 Å². The van der Waals surface area contributed by atoms with Gasteiger partial charge in [-0.05, 0) is 19.4 Å². The van der Waals surface area contributed by atoms with Crippen molar-refractivity contribution >= 4 is 5.97 Å². The summed E-state index contributed by atoms with van der Waals surface area (Å²) in [5.74, 6) is -1.02. The normalized spacial score (nSPS) is 21.4. The highest BCUT2D eigenvalue weighted by atomic mass is 16.4. The molecule has 0 aliphatic carbocycles. The summed E-state index contributed by atoms with van der Waals surface area (Å²) >= 11 is 0. The fraction of sp³-hybridized carbons (Fsp3) is 0.700. The molecule has 6 heteroatoms. The van der Waals surface area contributed by atoms with Crippen LogP contribution >= 0.6 is 0 Å². The average Bonchev–Trinajstić information content (AvgIpc) is 2.84. The van der Waals surface area contributed by atoms with E-state index in [1.807, 2.05) is 0 Å². The van der Waals surface area contributed by atoms with Gasteiger partial charge < -0.3 is 10.0 Å². The summed E-state index contributed by atoms with van der Waals surface area (Å²) in [6, 6.07) is 0.271. The minimum Gasteiger partial charge on any atom is -0.476 e. The van der Waals surface area contributed by atoms with Gasteiger partial charge >= 0.3 is 5.97 Å². The van der Waals surface area contributed by atoms with Crippen molar-refractivity contribution in [1.29, 1.82) is 0 Å². The number of carboxylic acid groups (broad SMARTS) is 1. The summed E-state index contributed by atoms with van der Waals surface area (Å²) in [6.07, 6.45) is 3.68. The van der Waals surface area contributed by atoms with Gasteiger partial charge in [0.1, 0.15) is 0 Å². The van der Waals surface area contributed by atoms with Crippen molar-refractivity contribution < 1.29 is 9.90 Å². The summed E-state index contributed by atoms with van der Waals surface area (Å²) in [6.45, 7) is 5.25. The first-order chi connectivity index (χ1) is 7.70. The fourth-order valence-corrected chi connectivity index (χ4v) is 2.10. The molecule has 1 N–H and O–H groups in total. The number of aromatic nitrogens is 3. The first kappa shape index (κ1) is 11.1. The quantitative estimate of drug-likeness (QED) is 0.812. The van der Waals surface area contributed by atoms with E-state index in [2.05, 4.69) is 22.1 Å². The molecule has 0 radical (unpaired) electrons. The highest BCUT2D eigenvalue weighted by Gasteiger charge is 2.24. The van der Waals surface area contributed by atoms with Crippen LogP contribution in [0.5, 0.6) is 0 Å². The minimum absolute atomic E-state index is 0.0222. The van der Waals surface area contributed by atoms with E-state index in [0.29, 0.717) is 0 Å². The summed E-state index contributed by atoms with van der Waals surface area (Å²) in [4.78, 5) is 13.0. The van der Waals surface area contributed by atoms with Crippen molar-refractivity contribution in [3.8, 4) is 0 Å². The van der Waals surface area contributed by atoms with Gasteiger partial charge in [0.05, 0.1) is 12.2 Å². The molecule has 0 bridgehead atoms. The minimum atomic E-state index is -1.02. The number of hydrogen-bond acceptors (Lipinski definition) is 4. The summed E-state index contributed by atoms with van der Waals surface area (Å²) in [5, 5.41) is 16.3. The second kappa shape index (κ2) is 4.61. The van der Waals surface area contributed by atoms with Crippen molar-refractivity contribution in [3.63, 3.8) is 0 Å². The predicted molar refractivity (Wildman–Crippen MR) is 57.4 cm³/mol. The Morgan fingerprint density at radius 3 is 3.12 bits per heavy atom. The maximum absolute atomic E-state index is 10.7. The lowest BCUT2D eigenvalue weighted by Crippen LogP contribution is -2.22. The van der Waals surface area contributed by atoms with Gasteiger partial charge in [0, 0.05) is 13.1 Å². The van der Waals surface area contributed by atoms with E-state index in [1.165, 1.54) is 6.20 Å². The van der Waals surface area contributed by atoms with Crippen LogP contribution in [0.3, 0.4) is 0 Å². The largest absolute Gasteiger partial charge is 0.476 e. The Hall–Kier alpha value is -1.43. The van der Waals surface area contributed by atoms with Crippen LogP contribution in [0.25, 0.3) is 0 Å². The lowest BCUT2D eigenvalue weighted by Gasteiger charge is -2.14. The summed E-state index contributed by atoms with van der Waals surface area (Å²) in [7, 11) is 0. The van der Waals surface area contributed by atoms with Gasteiger partial charge in [-0.2, -0.15) is 0 Å². The van der Waals surface area contributed by atoms with Gasteiger partial charge in [0.15, 0.2) is 5.69 Å². The molecule has 0 aromatic carbocycles. The first-order valence-corrected chi connectivity index (χ1v) is 5.58. The zero-order valence-electron chi connectivity index (χ0n) is 9.33. The number of rotatable bonds is 4. The van der Waals surface area contributed by atoms with Crippen LogP contribution in [0.15, 0.2) is 6.20 Å². The third-order valence-electron chi connectivity index (χ3n) is 2.89. The molecule has 1 aromatic heterocycles. The van der Waals surface area contributed by atoms with Crippen molar-refractivity contribution in [2.45, 2.75) is 25.8 Å². The Morgan fingerprint density at radius 1 is 1.69 bits per heavy atom. The van der Waals surface area contributed by atoms with Gasteiger partial charge in [-0.25, -0.2) is 9.48 Å². The van der Waals surface area contributed by atoms with E-state index < -0.39 is 5.97 Å². The average molecular weight is 224 g/mol. The van der Waals surface area contributed by atoms with E-state index >= 15 is 0 Å². The molecule has 6 nitrogen and oxygen atoms in total. The molecule has 1 fully saturated rings. The zero-order valence-corrected chi connectivity index (χ0v) is 9.33. The fourth-order valence-electron chi connectivity index (χ4n) is 2.10. The van der Waals surface area contributed by atoms with Crippen LogP contribution in [0.2, 0.25) is 0 Å². The van der Waals surface area contributed by atoms with Gasteiger partial charge in [0.25, 0.3) is 0 Å². The number of carboxylic acids is 1. The lowest BCUT2D eigenvalue weighted by molar-refractivity contribution is 0.0690. The van der Waals surface area contributed by atoms with Crippen LogP contribution in [0, 0.1) is 0 Å². The third kappa shape index (κ3) is 2.21. The molecular weight excluding hydrogens is 208 g/mol. The van der Waals surface area contributed by atoms with Crippen LogP contribution in [-0.4, -0.2) is 50.6 Å². The van der Waals surface area contributed by atoms with Crippen molar-refractivity contribution in [1.82, 2.24) is 19.9 Å². The van der Waals surface area contributed by atoms with E-state index in [9.17, 15) is 4.79 Å². The smallest absolute Gasteiger partial charge is 0.358 e. The standard InChI is InChI=1S/C10H16N4O2/c1-2-4-13-5-3-8(6-13)14-7-9(10(15)16)11-12-14/h7-8H,2-6H2,1H3,(H,15,16)/t8-/m1/s1. The zero-order chi connectivity index (χ0) is 11.5. The molecule has 2 heterocycles. The van der Waals surface area contributed by atoms with Crippen LogP contribution < -0.4 is 0 Å². The molecule has 1 saturated heterocycles. The Kier molecular flexibility index (Phi) is 3.19. The lowest BCUT2D eigenvalue weighted by atomic mass is 10.3. The molecule has 2 rings (SSSR count). The number of nitrogens with zero attached hydrogens (tertiary/aromatic N) is 4. The Balaban J connectivity index is 2.00. The number of likely N-dealkylation sites (tertiary alicyclic amines) is 1. The van der Waals surface area contributed by atoms with Gasteiger partial charge in [0.2, 0.25) is 0 Å². The van der Waals surface area contributed by atoms with Crippen molar-refractivity contribution in [2.24, 2.45) is 0 Å². The second-order valence-electron chi connectivity index (χ2n) is 4.13. The maximum atomic E-state index is 10.7. The highest BCUT2D eigenvalue weighted by molar-refractivity contribution is 5.84. The summed E-state index contributed by atoms with van der Waals surface area (Å²) in [5.41, 5.74) is 0.0222. The number of carbonyl (C=O) groups is 1. The Bertz CT molecular complexity index is 377. The van der Waals surface area contributed by atoms with E-state index in [-0.39, 0.29) is 11.7 Å². The Labute approximate surface area is 93.9 Å². The topological polar surface area (TPSA) is 71.2 Å². The molecule has 0 amide bonds. The second-order valence-corrected chi connectivity index (χ2v) is 4.13. The molecular formula is C10H16N4O2. The van der Waals surface area contributed by atoms with E-state index in [0.717, 1.165) is 32.5 Å². The molecule has 1 atom stereocenters. The summed E-state index contributed by atoms with van der Waals surface area (Å²) < 4.78 is 1.68. The molecule has 0 spiro atoms. The van der Waals surface area contributed by atoms with Gasteiger partial charge in [-0.15, -0.1) is 5.10 Å². The van der Waals surface area contributed by atoms with Crippen molar-refractivity contribution in [2.75, 3.05) is 19.6 Å². The van der Waals surface area contributed by atoms with Crippen LogP contribution in [0.4, 0.5) is 0 Å². The van der Waals surface area contributed by atoms with Gasteiger partial charge in [-0.1, -0.05) is 12.1 Å². The third-order valence-corrected chi connectivity index (χ3v) is 2.89. The predicted octanol–water partition coefficient (Wildman–Crippen LogP) is 0.633. The van der Waals surface area contributed by atoms with Crippen LogP contribution in [-0.2, 0) is 0 Å².